The number of hydrogen-bond acceptors (Lipinski definition) is 5. The van der Waals surface area contributed by atoms with Crippen molar-refractivity contribution in [2.45, 2.75) is 51.8 Å². The van der Waals surface area contributed by atoms with Crippen molar-refractivity contribution in [1.29, 1.82) is 0 Å². The zero-order valence-electron chi connectivity index (χ0n) is 17.4. The Labute approximate surface area is 182 Å². The van der Waals surface area contributed by atoms with Gasteiger partial charge in [-0.3, -0.25) is 14.4 Å². The Morgan fingerprint density at radius 2 is 1.90 bits per heavy atom. The van der Waals surface area contributed by atoms with Crippen LogP contribution < -0.4 is 5.32 Å². The summed E-state index contributed by atoms with van der Waals surface area (Å²) in [6, 6.07) is 8.03. The molecule has 2 aliphatic rings. The smallest absolute Gasteiger partial charge is 0.226 e. The Hall–Kier alpha value is -1.96. The fourth-order valence-corrected chi connectivity index (χ4v) is 4.54. The van der Waals surface area contributed by atoms with Gasteiger partial charge in [0.25, 0.3) is 0 Å². The Balaban J connectivity index is 1.39. The molecule has 2 aliphatic heterocycles. The first-order valence-corrected chi connectivity index (χ1v) is 11.2. The van der Waals surface area contributed by atoms with Crippen LogP contribution in [-0.4, -0.2) is 52.0 Å². The van der Waals surface area contributed by atoms with E-state index in [2.05, 4.69) is 32.7 Å². The lowest BCUT2D eigenvalue weighted by molar-refractivity contribution is -0.134. The maximum atomic E-state index is 13.2. The standard InChI is InChI=1S/C22H30ClN5O2/c23-19-5-3-18(4-6-19)15-27-12-8-22(9-13-27)7-1-11-28-16-20(25-26-28)17-30-14-2-10-24-21(22)29/h3-6,16H,1-2,7-15,17H2,(H,24,29). The molecule has 0 saturated carbocycles. The second kappa shape index (κ2) is 9.90. The number of fused-ring (bicyclic) bond motifs is 2. The largest absolute Gasteiger partial charge is 0.375 e. The lowest BCUT2D eigenvalue weighted by atomic mass is 9.73. The molecule has 1 spiro atoms. The van der Waals surface area contributed by atoms with E-state index in [4.69, 9.17) is 16.3 Å². The van der Waals surface area contributed by atoms with Crippen molar-refractivity contribution in [3.63, 3.8) is 0 Å². The molecule has 162 valence electrons. The Morgan fingerprint density at radius 1 is 1.10 bits per heavy atom. The summed E-state index contributed by atoms with van der Waals surface area (Å²) in [5.41, 5.74) is 1.82. The SMILES string of the molecule is O=C1NCCCOCc2cn(nn2)CCCC12CCN(Cc1ccc(Cl)cc1)CC2. The molecule has 0 radical (unpaired) electrons. The quantitative estimate of drug-likeness (QED) is 0.791. The Morgan fingerprint density at radius 3 is 2.70 bits per heavy atom. The molecule has 1 saturated heterocycles. The number of piperidine rings is 1. The van der Waals surface area contributed by atoms with E-state index in [9.17, 15) is 4.79 Å². The van der Waals surface area contributed by atoms with Crippen LogP contribution in [0.4, 0.5) is 0 Å². The molecule has 4 rings (SSSR count). The van der Waals surface area contributed by atoms with Gasteiger partial charge in [-0.05, 0) is 62.9 Å². The normalized spacial score (nSPS) is 21.2. The molecule has 7 nitrogen and oxygen atoms in total. The van der Waals surface area contributed by atoms with Crippen molar-refractivity contribution in [2.24, 2.45) is 5.41 Å². The number of likely N-dealkylation sites (tertiary alicyclic amines) is 1. The van der Waals surface area contributed by atoms with Crippen LogP contribution >= 0.6 is 11.6 Å². The van der Waals surface area contributed by atoms with E-state index in [0.29, 0.717) is 19.8 Å². The fourth-order valence-electron chi connectivity index (χ4n) is 4.41. The van der Waals surface area contributed by atoms with Crippen LogP contribution in [0.5, 0.6) is 0 Å². The maximum Gasteiger partial charge on any atom is 0.226 e. The van der Waals surface area contributed by atoms with Gasteiger partial charge in [0, 0.05) is 31.3 Å². The summed E-state index contributed by atoms with van der Waals surface area (Å²) in [7, 11) is 0. The van der Waals surface area contributed by atoms with Gasteiger partial charge in [0.1, 0.15) is 5.69 Å². The highest BCUT2D eigenvalue weighted by molar-refractivity contribution is 6.30. The van der Waals surface area contributed by atoms with E-state index in [1.165, 1.54) is 5.56 Å². The predicted octanol–water partition coefficient (Wildman–Crippen LogP) is 3.03. The summed E-state index contributed by atoms with van der Waals surface area (Å²) in [5, 5.41) is 12.3. The summed E-state index contributed by atoms with van der Waals surface area (Å²) < 4.78 is 7.51. The summed E-state index contributed by atoms with van der Waals surface area (Å²) >= 11 is 6.00. The average molecular weight is 432 g/mol. The minimum atomic E-state index is -0.301. The van der Waals surface area contributed by atoms with Crippen LogP contribution in [0.3, 0.4) is 0 Å². The van der Waals surface area contributed by atoms with Crippen molar-refractivity contribution in [3.05, 3.63) is 46.7 Å². The van der Waals surface area contributed by atoms with E-state index < -0.39 is 0 Å². The minimum Gasteiger partial charge on any atom is -0.375 e. The Bertz CT molecular complexity index is 830. The summed E-state index contributed by atoms with van der Waals surface area (Å²) in [4.78, 5) is 15.6. The molecule has 0 aliphatic carbocycles. The lowest BCUT2D eigenvalue weighted by Gasteiger charge is -2.41. The maximum absolute atomic E-state index is 13.2. The summed E-state index contributed by atoms with van der Waals surface area (Å²) in [5.74, 6) is 0.199. The van der Waals surface area contributed by atoms with Gasteiger partial charge in [-0.25, -0.2) is 0 Å². The number of carbonyl (C=O) groups excluding carboxylic acids is 1. The predicted molar refractivity (Wildman–Crippen MR) is 115 cm³/mol. The molecule has 1 aromatic carbocycles. The molecular formula is C22H30ClN5O2. The highest BCUT2D eigenvalue weighted by Gasteiger charge is 2.40. The number of hydrogen-bond donors (Lipinski definition) is 1. The van der Waals surface area contributed by atoms with Gasteiger partial charge in [0.05, 0.1) is 18.2 Å². The topological polar surface area (TPSA) is 72.3 Å². The highest BCUT2D eigenvalue weighted by Crippen LogP contribution is 2.37. The number of amides is 1. The second-order valence-corrected chi connectivity index (χ2v) is 8.86. The molecule has 1 N–H and O–H groups in total. The number of aryl methyl sites for hydroxylation is 1. The van der Waals surface area contributed by atoms with Crippen LogP contribution in [0.25, 0.3) is 0 Å². The van der Waals surface area contributed by atoms with Crippen molar-refractivity contribution in [3.8, 4) is 0 Å². The first-order chi connectivity index (χ1) is 14.6. The molecule has 30 heavy (non-hydrogen) atoms. The number of halogens is 1. The van der Waals surface area contributed by atoms with E-state index in [-0.39, 0.29) is 11.3 Å². The third-order valence-electron chi connectivity index (χ3n) is 6.24. The van der Waals surface area contributed by atoms with E-state index in [1.54, 1.807) is 0 Å². The van der Waals surface area contributed by atoms with Crippen molar-refractivity contribution in [2.75, 3.05) is 26.2 Å². The number of carbonyl (C=O) groups is 1. The molecule has 1 fully saturated rings. The third-order valence-corrected chi connectivity index (χ3v) is 6.50. The number of benzene rings is 1. The minimum absolute atomic E-state index is 0.199. The van der Waals surface area contributed by atoms with Crippen molar-refractivity contribution < 1.29 is 9.53 Å². The number of rotatable bonds is 2. The van der Waals surface area contributed by atoms with Gasteiger partial charge in [0.15, 0.2) is 0 Å². The van der Waals surface area contributed by atoms with Gasteiger partial charge in [-0.2, -0.15) is 0 Å². The van der Waals surface area contributed by atoms with E-state index in [0.717, 1.165) is 69.0 Å². The first kappa shape index (κ1) is 21.3. The Kier molecular flexibility index (Phi) is 7.02. The number of nitrogens with zero attached hydrogens (tertiary/aromatic N) is 4. The van der Waals surface area contributed by atoms with Gasteiger partial charge in [0.2, 0.25) is 5.91 Å². The zero-order valence-corrected chi connectivity index (χ0v) is 18.1. The monoisotopic (exact) mass is 431 g/mol. The van der Waals surface area contributed by atoms with Crippen LogP contribution in [0, 0.1) is 5.41 Å². The molecule has 0 unspecified atom stereocenters. The number of ether oxygens (including phenoxy) is 1. The molecule has 3 heterocycles. The van der Waals surface area contributed by atoms with E-state index >= 15 is 0 Å². The van der Waals surface area contributed by atoms with Crippen molar-refractivity contribution in [1.82, 2.24) is 25.2 Å². The molecule has 1 amide bonds. The lowest BCUT2D eigenvalue weighted by Crippen LogP contribution is -2.49. The molecule has 0 atom stereocenters. The summed E-state index contributed by atoms with van der Waals surface area (Å²) in [6.45, 7) is 5.25. The number of nitrogens with one attached hydrogen (secondary N) is 1. The van der Waals surface area contributed by atoms with Crippen LogP contribution in [0.2, 0.25) is 5.02 Å². The van der Waals surface area contributed by atoms with Crippen LogP contribution in [0.15, 0.2) is 30.5 Å². The first-order valence-electron chi connectivity index (χ1n) is 10.8. The van der Waals surface area contributed by atoms with Gasteiger partial charge in [-0.15, -0.1) is 5.10 Å². The zero-order chi connectivity index (χ0) is 20.8. The molecular weight excluding hydrogens is 402 g/mol. The van der Waals surface area contributed by atoms with Gasteiger partial charge >= 0.3 is 0 Å². The summed E-state index contributed by atoms with van der Waals surface area (Å²) in [6.07, 6.45) is 6.30. The third kappa shape index (κ3) is 5.39. The average Bonchev–Trinajstić information content (AvgIpc) is 3.20. The molecule has 8 heteroatoms. The van der Waals surface area contributed by atoms with Crippen LogP contribution in [-0.2, 0) is 29.2 Å². The second-order valence-electron chi connectivity index (χ2n) is 8.42. The van der Waals surface area contributed by atoms with Gasteiger partial charge < -0.3 is 10.1 Å². The molecule has 2 bridgehead atoms. The molecule has 2 aromatic rings. The van der Waals surface area contributed by atoms with Crippen molar-refractivity contribution >= 4 is 17.5 Å². The number of aromatic nitrogens is 3. The molecule has 1 aromatic heterocycles. The fraction of sp³-hybridized carbons (Fsp3) is 0.591. The van der Waals surface area contributed by atoms with Gasteiger partial charge in [-0.1, -0.05) is 28.9 Å². The van der Waals surface area contributed by atoms with E-state index in [1.807, 2.05) is 23.0 Å². The highest BCUT2D eigenvalue weighted by atomic mass is 35.5. The van der Waals surface area contributed by atoms with Crippen LogP contribution in [0.1, 0.15) is 43.4 Å².